The van der Waals surface area contributed by atoms with Crippen molar-refractivity contribution in [3.05, 3.63) is 0 Å². The number of esters is 4. The van der Waals surface area contributed by atoms with Crippen LogP contribution in [0.3, 0.4) is 0 Å². The molecule has 0 saturated heterocycles. The summed E-state index contributed by atoms with van der Waals surface area (Å²) in [5, 5.41) is 10.7. The molecule has 103 heavy (non-hydrogen) atoms. The number of hydrogen-bond donors (Lipinski definition) is 3. The maximum Gasteiger partial charge on any atom is 0.472 e. The van der Waals surface area contributed by atoms with Crippen molar-refractivity contribution in [2.45, 2.75) is 470 Å². The van der Waals surface area contributed by atoms with Gasteiger partial charge in [0, 0.05) is 25.7 Å². The molecule has 0 aromatic carbocycles. The van der Waals surface area contributed by atoms with Crippen molar-refractivity contribution in [3.63, 3.8) is 0 Å². The molecule has 0 spiro atoms. The van der Waals surface area contributed by atoms with Crippen molar-refractivity contribution in [1.29, 1.82) is 0 Å². The van der Waals surface area contributed by atoms with E-state index in [2.05, 4.69) is 34.6 Å². The zero-order valence-electron chi connectivity index (χ0n) is 67.5. The summed E-state index contributed by atoms with van der Waals surface area (Å²) in [4.78, 5) is 73.1. The van der Waals surface area contributed by atoms with Gasteiger partial charge in [0.2, 0.25) is 0 Å². The van der Waals surface area contributed by atoms with Crippen LogP contribution in [0.5, 0.6) is 0 Å². The van der Waals surface area contributed by atoms with E-state index >= 15 is 0 Å². The maximum atomic E-state index is 13.1. The Kier molecular flexibility index (Phi) is 75.4. The van der Waals surface area contributed by atoms with E-state index in [1.54, 1.807) is 0 Å². The lowest BCUT2D eigenvalue weighted by Gasteiger charge is -2.21. The number of ether oxygens (including phenoxy) is 4. The van der Waals surface area contributed by atoms with Gasteiger partial charge in [-0.3, -0.25) is 37.3 Å². The number of rotatable bonds is 84. The minimum Gasteiger partial charge on any atom is -0.462 e. The SMILES string of the molecule is CCCCCCCCCCCCCCCCCCCCCCCCC(=O)O[C@H](COC(=O)CCCCCCCCCCCCCCCCCCC)COP(=O)(O)OC[C@@H](O)COP(=O)(O)OC[C@@H](COC(=O)CCCCCCCCCC(C)C)OC(=O)CCCCCCCCCCCCCCCC. The van der Waals surface area contributed by atoms with Gasteiger partial charge in [-0.25, -0.2) is 9.13 Å². The van der Waals surface area contributed by atoms with Crippen LogP contribution in [0, 0.1) is 5.92 Å². The van der Waals surface area contributed by atoms with E-state index in [0.717, 1.165) is 96.3 Å². The van der Waals surface area contributed by atoms with Crippen LogP contribution in [0.15, 0.2) is 0 Å². The maximum absolute atomic E-state index is 13.1. The Morgan fingerprint density at radius 3 is 0.660 bits per heavy atom. The average Bonchev–Trinajstić information content (AvgIpc) is 1.06. The third kappa shape index (κ3) is 78.0. The molecule has 3 N–H and O–H groups in total. The van der Waals surface area contributed by atoms with Gasteiger partial charge in [0.25, 0.3) is 0 Å². The first-order valence-electron chi connectivity index (χ1n) is 43.6. The number of hydrogen-bond acceptors (Lipinski definition) is 15. The van der Waals surface area contributed by atoms with E-state index in [1.165, 1.54) is 270 Å². The van der Waals surface area contributed by atoms with Crippen LogP contribution in [-0.2, 0) is 65.4 Å². The van der Waals surface area contributed by atoms with Gasteiger partial charge in [0.05, 0.1) is 26.4 Å². The van der Waals surface area contributed by atoms with Crippen LogP contribution in [0.2, 0.25) is 0 Å². The second-order valence-corrected chi connectivity index (χ2v) is 33.6. The van der Waals surface area contributed by atoms with Gasteiger partial charge in [0.1, 0.15) is 19.3 Å². The first-order chi connectivity index (χ1) is 50.0. The van der Waals surface area contributed by atoms with E-state index in [-0.39, 0.29) is 25.7 Å². The summed E-state index contributed by atoms with van der Waals surface area (Å²) >= 11 is 0. The second kappa shape index (κ2) is 76.8. The molecule has 0 amide bonds. The molecule has 0 aromatic heterocycles. The highest BCUT2D eigenvalue weighted by atomic mass is 31.2. The van der Waals surface area contributed by atoms with Gasteiger partial charge >= 0.3 is 39.5 Å². The summed E-state index contributed by atoms with van der Waals surface area (Å²) < 4.78 is 68.8. The third-order valence-electron chi connectivity index (χ3n) is 19.8. The summed E-state index contributed by atoms with van der Waals surface area (Å²) in [5.74, 6) is -1.40. The molecule has 19 heteroatoms. The number of carbonyl (C=O) groups excluding carboxylic acids is 4. The van der Waals surface area contributed by atoms with Crippen LogP contribution in [-0.4, -0.2) is 96.7 Å². The molecular formula is C84H164O17P2. The highest BCUT2D eigenvalue weighted by molar-refractivity contribution is 7.47. The quantitative estimate of drug-likeness (QED) is 0.0222. The molecule has 0 saturated carbocycles. The highest BCUT2D eigenvalue weighted by Crippen LogP contribution is 2.45. The van der Waals surface area contributed by atoms with Crippen molar-refractivity contribution in [2.24, 2.45) is 5.92 Å². The van der Waals surface area contributed by atoms with Crippen molar-refractivity contribution < 1.29 is 80.2 Å². The van der Waals surface area contributed by atoms with Gasteiger partial charge in [-0.2, -0.15) is 0 Å². The van der Waals surface area contributed by atoms with Crippen LogP contribution in [0.1, 0.15) is 452 Å². The van der Waals surface area contributed by atoms with Crippen LogP contribution < -0.4 is 0 Å². The summed E-state index contributed by atoms with van der Waals surface area (Å²) in [6.07, 6.45) is 69.6. The monoisotopic (exact) mass is 1510 g/mol. The molecule has 0 heterocycles. The van der Waals surface area contributed by atoms with E-state index in [4.69, 9.17) is 37.0 Å². The predicted octanol–water partition coefficient (Wildman–Crippen LogP) is 25.6. The number of phosphoric acid groups is 2. The molecule has 0 aromatic rings. The van der Waals surface area contributed by atoms with E-state index in [9.17, 15) is 43.2 Å². The minimum absolute atomic E-state index is 0.108. The fraction of sp³-hybridized carbons (Fsp3) is 0.952. The summed E-state index contributed by atoms with van der Waals surface area (Å²) in [6.45, 7) is 7.29. The summed E-state index contributed by atoms with van der Waals surface area (Å²) in [7, 11) is -9.92. The Balaban J connectivity index is 5.21. The van der Waals surface area contributed by atoms with Crippen molar-refractivity contribution >= 4 is 39.5 Å². The topological polar surface area (TPSA) is 237 Å². The summed E-state index contributed by atoms with van der Waals surface area (Å²) in [5.41, 5.74) is 0. The summed E-state index contributed by atoms with van der Waals surface area (Å²) in [6, 6.07) is 0. The van der Waals surface area contributed by atoms with Gasteiger partial charge in [-0.15, -0.1) is 0 Å². The molecule has 0 fully saturated rings. The molecule has 17 nitrogen and oxygen atoms in total. The van der Waals surface area contributed by atoms with Crippen LogP contribution in [0.25, 0.3) is 0 Å². The Morgan fingerprint density at radius 1 is 0.262 bits per heavy atom. The molecule has 2 unspecified atom stereocenters. The van der Waals surface area contributed by atoms with Gasteiger partial charge in [-0.1, -0.05) is 401 Å². The number of phosphoric ester groups is 2. The van der Waals surface area contributed by atoms with Crippen molar-refractivity contribution in [2.75, 3.05) is 39.6 Å². The lowest BCUT2D eigenvalue weighted by atomic mass is 10.0. The zero-order valence-corrected chi connectivity index (χ0v) is 69.3. The lowest BCUT2D eigenvalue weighted by Crippen LogP contribution is -2.30. The standard InChI is InChI=1S/C84H164O17P2/c1-6-9-12-15-18-21-24-27-30-32-33-34-35-36-38-40-43-46-49-54-60-65-70-83(88)100-79(73-94-81(86)67-62-57-52-47-44-42-39-37-31-28-25-22-19-16-13-10-7-2)75-98-102(90,91)96-71-78(85)72-97-103(92,93)99-76-80(74-95-82(87)68-63-58-55-50-51-56-61-66-77(4)5)101-84(89)69-64-59-53-48-45-41-29-26-23-20-17-14-11-8-3/h77-80,85H,6-76H2,1-5H3,(H,90,91)(H,92,93)/t78-,79-,80-/m1/s1. The van der Waals surface area contributed by atoms with Crippen LogP contribution in [0.4, 0.5) is 0 Å². The van der Waals surface area contributed by atoms with Gasteiger partial charge in [-0.05, 0) is 31.6 Å². The minimum atomic E-state index is -4.96. The fourth-order valence-electron chi connectivity index (χ4n) is 13.1. The molecule has 0 rings (SSSR count). The first kappa shape index (κ1) is 101. The van der Waals surface area contributed by atoms with Crippen molar-refractivity contribution in [1.82, 2.24) is 0 Å². The Labute approximate surface area is 632 Å². The lowest BCUT2D eigenvalue weighted by molar-refractivity contribution is -0.161. The highest BCUT2D eigenvalue weighted by Gasteiger charge is 2.30. The molecular weight excluding hydrogens is 1340 g/mol. The molecule has 0 aliphatic carbocycles. The Bertz CT molecular complexity index is 1960. The normalized spacial score (nSPS) is 13.8. The Morgan fingerprint density at radius 2 is 0.447 bits per heavy atom. The smallest absolute Gasteiger partial charge is 0.462 e. The molecule has 0 aliphatic heterocycles. The molecule has 0 bridgehead atoms. The van der Waals surface area contributed by atoms with Crippen molar-refractivity contribution in [3.8, 4) is 0 Å². The molecule has 0 aliphatic rings. The van der Waals surface area contributed by atoms with Crippen LogP contribution >= 0.6 is 15.6 Å². The number of aliphatic hydroxyl groups excluding tert-OH is 1. The number of aliphatic hydroxyl groups is 1. The van der Waals surface area contributed by atoms with Gasteiger partial charge in [0.15, 0.2) is 12.2 Å². The Hall–Kier alpha value is -1.94. The van der Waals surface area contributed by atoms with E-state index < -0.39 is 97.5 Å². The van der Waals surface area contributed by atoms with E-state index in [1.807, 2.05) is 0 Å². The number of carbonyl (C=O) groups is 4. The third-order valence-corrected chi connectivity index (χ3v) is 21.7. The second-order valence-electron chi connectivity index (χ2n) is 30.7. The largest absolute Gasteiger partial charge is 0.472 e. The number of unbranched alkanes of at least 4 members (excludes halogenated alkanes) is 56. The zero-order chi connectivity index (χ0) is 75.5. The average molecular weight is 1510 g/mol. The molecule has 0 radical (unpaired) electrons. The van der Waals surface area contributed by atoms with E-state index in [0.29, 0.717) is 31.6 Å². The van der Waals surface area contributed by atoms with Gasteiger partial charge < -0.3 is 33.8 Å². The molecule has 612 valence electrons. The predicted molar refractivity (Wildman–Crippen MR) is 423 cm³/mol. The fourth-order valence-corrected chi connectivity index (χ4v) is 14.7. The first-order valence-corrected chi connectivity index (χ1v) is 46.6. The molecule has 5 atom stereocenters.